The Labute approximate surface area is 73.5 Å². The first-order valence-corrected chi connectivity index (χ1v) is 4.16. The predicted octanol–water partition coefficient (Wildman–Crippen LogP) is 0.840. The van der Waals surface area contributed by atoms with Gasteiger partial charge in [0.05, 0.1) is 12.6 Å². The molecule has 0 aliphatic carbocycles. The van der Waals surface area contributed by atoms with Gasteiger partial charge in [0.25, 0.3) is 0 Å². The summed E-state index contributed by atoms with van der Waals surface area (Å²) in [5, 5.41) is 11.5. The Morgan fingerprint density at radius 1 is 1.58 bits per heavy atom. The van der Waals surface area contributed by atoms with E-state index in [0.717, 1.165) is 12.0 Å². The summed E-state index contributed by atoms with van der Waals surface area (Å²) in [6.07, 6.45) is 2.27. The molecule has 2 N–H and O–H groups in total. The van der Waals surface area contributed by atoms with Crippen molar-refractivity contribution in [1.29, 1.82) is 0 Å². The monoisotopic (exact) mass is 171 g/mol. The molecule has 0 bridgehead atoms. The van der Waals surface area contributed by atoms with Crippen LogP contribution in [0.4, 0.5) is 0 Å². The van der Waals surface area contributed by atoms with Crippen LogP contribution in [0.15, 0.2) is 11.6 Å². The lowest BCUT2D eigenvalue weighted by Gasteiger charge is -2.11. The van der Waals surface area contributed by atoms with Crippen molar-refractivity contribution >= 4 is 5.91 Å². The molecule has 0 spiro atoms. The van der Waals surface area contributed by atoms with Crippen molar-refractivity contribution in [2.24, 2.45) is 0 Å². The van der Waals surface area contributed by atoms with Crippen LogP contribution in [0.3, 0.4) is 0 Å². The topological polar surface area (TPSA) is 49.3 Å². The highest BCUT2D eigenvalue weighted by Crippen LogP contribution is 1.92. The largest absolute Gasteiger partial charge is 0.394 e. The molecule has 0 saturated carbocycles. The molecule has 0 rings (SSSR count). The van der Waals surface area contributed by atoms with E-state index in [1.807, 2.05) is 20.8 Å². The average Bonchev–Trinajstić information content (AvgIpc) is 1.98. The summed E-state index contributed by atoms with van der Waals surface area (Å²) in [5.74, 6) is -0.129. The van der Waals surface area contributed by atoms with Gasteiger partial charge in [-0.1, -0.05) is 12.5 Å². The zero-order chi connectivity index (χ0) is 9.56. The molecular formula is C9H17NO2. The second-order valence-electron chi connectivity index (χ2n) is 3.02. The molecule has 0 aromatic carbocycles. The summed E-state index contributed by atoms with van der Waals surface area (Å²) in [4.78, 5) is 11.1. The fourth-order valence-electron chi connectivity index (χ4n) is 0.782. The third-order valence-corrected chi connectivity index (χ3v) is 1.48. The number of hydrogen-bond donors (Lipinski definition) is 2. The maximum Gasteiger partial charge on any atom is 0.244 e. The van der Waals surface area contributed by atoms with Gasteiger partial charge >= 0.3 is 0 Å². The first-order chi connectivity index (χ1) is 5.60. The molecule has 70 valence electrons. The summed E-state index contributed by atoms with van der Waals surface area (Å²) in [6, 6.07) is -0.118. The fraction of sp³-hybridized carbons (Fsp3) is 0.667. The van der Waals surface area contributed by atoms with Crippen molar-refractivity contribution < 1.29 is 9.90 Å². The zero-order valence-electron chi connectivity index (χ0n) is 7.92. The lowest BCUT2D eigenvalue weighted by molar-refractivity contribution is -0.117. The molecule has 0 radical (unpaired) electrons. The van der Waals surface area contributed by atoms with Crippen LogP contribution >= 0.6 is 0 Å². The Morgan fingerprint density at radius 3 is 2.50 bits per heavy atom. The van der Waals surface area contributed by atoms with E-state index in [1.165, 1.54) is 6.08 Å². The van der Waals surface area contributed by atoms with Crippen molar-refractivity contribution in [2.45, 2.75) is 33.2 Å². The number of rotatable bonds is 4. The van der Waals surface area contributed by atoms with Crippen LogP contribution in [0.25, 0.3) is 0 Å². The van der Waals surface area contributed by atoms with Gasteiger partial charge in [0.1, 0.15) is 0 Å². The predicted molar refractivity (Wildman–Crippen MR) is 48.7 cm³/mol. The number of allylic oxidation sites excluding steroid dienone is 1. The smallest absolute Gasteiger partial charge is 0.244 e. The average molecular weight is 171 g/mol. The third-order valence-electron chi connectivity index (χ3n) is 1.48. The molecule has 0 aromatic heterocycles. The van der Waals surface area contributed by atoms with Gasteiger partial charge in [-0.05, 0) is 20.3 Å². The molecule has 12 heavy (non-hydrogen) atoms. The van der Waals surface area contributed by atoms with E-state index in [2.05, 4.69) is 5.32 Å². The fourth-order valence-corrected chi connectivity index (χ4v) is 0.782. The van der Waals surface area contributed by atoms with Crippen LogP contribution in [0.2, 0.25) is 0 Å². The summed E-state index contributed by atoms with van der Waals surface area (Å²) in [7, 11) is 0. The van der Waals surface area contributed by atoms with Crippen molar-refractivity contribution in [3.63, 3.8) is 0 Å². The molecule has 0 heterocycles. The van der Waals surface area contributed by atoms with Crippen molar-refractivity contribution in [3.05, 3.63) is 11.6 Å². The Kier molecular flexibility index (Phi) is 5.37. The number of aliphatic hydroxyl groups is 1. The van der Waals surface area contributed by atoms with Gasteiger partial charge < -0.3 is 10.4 Å². The maximum absolute atomic E-state index is 11.1. The minimum atomic E-state index is -0.129. The van der Waals surface area contributed by atoms with Gasteiger partial charge in [-0.3, -0.25) is 4.79 Å². The first kappa shape index (κ1) is 11.2. The van der Waals surface area contributed by atoms with E-state index >= 15 is 0 Å². The zero-order valence-corrected chi connectivity index (χ0v) is 7.92. The molecule has 0 fully saturated rings. The lowest BCUT2D eigenvalue weighted by atomic mass is 10.2. The normalized spacial score (nSPS) is 12.0. The summed E-state index contributed by atoms with van der Waals surface area (Å²) in [5.41, 5.74) is 0.959. The van der Waals surface area contributed by atoms with Crippen LogP contribution in [0.1, 0.15) is 27.2 Å². The quantitative estimate of drug-likeness (QED) is 0.616. The number of aliphatic hydroxyl groups excluding tert-OH is 1. The Bertz CT molecular complexity index is 167. The van der Waals surface area contributed by atoms with Gasteiger partial charge in [-0.15, -0.1) is 0 Å². The maximum atomic E-state index is 11.1. The minimum Gasteiger partial charge on any atom is -0.394 e. The highest BCUT2D eigenvalue weighted by atomic mass is 16.3. The second kappa shape index (κ2) is 5.77. The molecule has 1 amide bonds. The standard InChI is InChI=1S/C9H17NO2/c1-4-8(6-11)10-9(12)5-7(2)3/h5,8,11H,4,6H2,1-3H3,(H,10,12). The summed E-state index contributed by atoms with van der Waals surface area (Å²) in [6.45, 7) is 5.64. The van der Waals surface area contributed by atoms with Crippen LogP contribution < -0.4 is 5.32 Å². The Hall–Kier alpha value is -0.830. The van der Waals surface area contributed by atoms with E-state index < -0.39 is 0 Å². The van der Waals surface area contributed by atoms with Gasteiger partial charge in [0.15, 0.2) is 0 Å². The molecule has 3 nitrogen and oxygen atoms in total. The lowest BCUT2D eigenvalue weighted by Crippen LogP contribution is -2.35. The molecular weight excluding hydrogens is 154 g/mol. The number of nitrogens with one attached hydrogen (secondary N) is 1. The molecule has 0 saturated heterocycles. The minimum absolute atomic E-state index is 0.00115. The van der Waals surface area contributed by atoms with E-state index in [1.54, 1.807) is 0 Å². The van der Waals surface area contributed by atoms with Crippen molar-refractivity contribution in [3.8, 4) is 0 Å². The Balaban J connectivity index is 3.90. The highest BCUT2D eigenvalue weighted by molar-refractivity contribution is 5.88. The van der Waals surface area contributed by atoms with Crippen LogP contribution in [0.5, 0.6) is 0 Å². The van der Waals surface area contributed by atoms with Crippen molar-refractivity contribution in [1.82, 2.24) is 5.32 Å². The van der Waals surface area contributed by atoms with Crippen LogP contribution in [0, 0.1) is 0 Å². The van der Waals surface area contributed by atoms with E-state index in [9.17, 15) is 4.79 Å². The molecule has 3 heteroatoms. The van der Waals surface area contributed by atoms with E-state index in [0.29, 0.717) is 0 Å². The summed E-state index contributed by atoms with van der Waals surface area (Å²) >= 11 is 0. The third kappa shape index (κ3) is 4.91. The number of carbonyl (C=O) groups is 1. The molecule has 0 aromatic rings. The number of hydrogen-bond acceptors (Lipinski definition) is 2. The van der Waals surface area contributed by atoms with E-state index in [4.69, 9.17) is 5.11 Å². The SMILES string of the molecule is CCC(CO)NC(=O)C=C(C)C. The number of amides is 1. The van der Waals surface area contributed by atoms with Gasteiger partial charge in [0.2, 0.25) is 5.91 Å². The van der Waals surface area contributed by atoms with Crippen molar-refractivity contribution in [2.75, 3.05) is 6.61 Å². The van der Waals surface area contributed by atoms with Gasteiger partial charge in [-0.2, -0.15) is 0 Å². The molecule has 1 atom stereocenters. The van der Waals surface area contributed by atoms with Crippen LogP contribution in [-0.2, 0) is 4.79 Å². The number of carbonyl (C=O) groups excluding carboxylic acids is 1. The second-order valence-corrected chi connectivity index (χ2v) is 3.02. The first-order valence-electron chi connectivity index (χ1n) is 4.16. The van der Waals surface area contributed by atoms with Crippen LogP contribution in [-0.4, -0.2) is 23.7 Å². The molecule has 0 aliphatic rings. The highest BCUT2D eigenvalue weighted by Gasteiger charge is 2.05. The Morgan fingerprint density at radius 2 is 2.17 bits per heavy atom. The summed E-state index contributed by atoms with van der Waals surface area (Å²) < 4.78 is 0. The van der Waals surface area contributed by atoms with E-state index in [-0.39, 0.29) is 18.6 Å². The van der Waals surface area contributed by atoms with Gasteiger partial charge in [-0.25, -0.2) is 0 Å². The molecule has 1 unspecified atom stereocenters. The van der Waals surface area contributed by atoms with Gasteiger partial charge in [0, 0.05) is 6.08 Å². The molecule has 0 aliphatic heterocycles.